The fourth-order valence-corrected chi connectivity index (χ4v) is 4.87. The molecule has 9 nitrogen and oxygen atoms in total. The van der Waals surface area contributed by atoms with Crippen molar-refractivity contribution in [2.24, 2.45) is 0 Å². The van der Waals surface area contributed by atoms with E-state index in [1.165, 1.54) is 6.07 Å². The lowest BCUT2D eigenvalue weighted by molar-refractivity contribution is -0.120. The van der Waals surface area contributed by atoms with E-state index in [2.05, 4.69) is 15.8 Å². The van der Waals surface area contributed by atoms with Crippen LogP contribution in [0, 0.1) is 25.5 Å². The maximum absolute atomic E-state index is 13.9. The van der Waals surface area contributed by atoms with E-state index in [0.29, 0.717) is 35.7 Å². The summed E-state index contributed by atoms with van der Waals surface area (Å²) in [6.07, 6.45) is 0.354. The van der Waals surface area contributed by atoms with Crippen LogP contribution < -0.4 is 10.6 Å². The average Bonchev–Trinajstić information content (AvgIpc) is 3.35. The Morgan fingerprint density at radius 2 is 1.60 bits per heavy atom. The van der Waals surface area contributed by atoms with Crippen molar-refractivity contribution >= 4 is 17.7 Å². The summed E-state index contributed by atoms with van der Waals surface area (Å²) >= 11 is 0. The second kappa shape index (κ2) is 15.9. The second-order valence-electron chi connectivity index (χ2n) is 10.8. The summed E-state index contributed by atoms with van der Waals surface area (Å²) in [6.45, 7) is 8.76. The Kier molecular flexibility index (Phi) is 12.4. The Hall–Kier alpha value is -4.12. The van der Waals surface area contributed by atoms with Crippen LogP contribution in [0.3, 0.4) is 0 Å². The monoisotopic (exact) mass is 598 g/mol. The van der Waals surface area contributed by atoms with Gasteiger partial charge >= 0.3 is 0 Å². The molecule has 1 aromatic heterocycles. The van der Waals surface area contributed by atoms with Gasteiger partial charge < -0.3 is 25.2 Å². The van der Waals surface area contributed by atoms with Crippen molar-refractivity contribution in [2.45, 2.75) is 71.9 Å². The number of halogens is 2. The van der Waals surface area contributed by atoms with Gasteiger partial charge in [0.2, 0.25) is 5.91 Å². The molecule has 0 spiro atoms. The van der Waals surface area contributed by atoms with Crippen LogP contribution in [0.4, 0.5) is 8.78 Å². The first-order valence-corrected chi connectivity index (χ1v) is 14.5. The van der Waals surface area contributed by atoms with E-state index >= 15 is 0 Å². The number of aliphatic hydroxyl groups excluding tert-OH is 1. The Bertz CT molecular complexity index is 1380. The number of hydrogen-bond acceptors (Lipinski definition) is 6. The third-order valence-corrected chi connectivity index (χ3v) is 6.79. The van der Waals surface area contributed by atoms with E-state index < -0.39 is 29.7 Å². The molecule has 232 valence electrons. The maximum atomic E-state index is 13.9. The fraction of sp³-hybridized carbons (Fsp3) is 0.438. The fourth-order valence-electron chi connectivity index (χ4n) is 4.87. The van der Waals surface area contributed by atoms with Crippen molar-refractivity contribution in [3.63, 3.8) is 0 Å². The third kappa shape index (κ3) is 10.3. The zero-order chi connectivity index (χ0) is 31.5. The van der Waals surface area contributed by atoms with Crippen molar-refractivity contribution < 1.29 is 32.8 Å². The quantitative estimate of drug-likeness (QED) is 0.240. The SMILES string of the molecule is CCCN(CCC)C(=O)c1cc(C)cc(C(=O)N[C@H](Cc2cc(F)cc(F)c2)[C@@H](O)CCNC(=O)Cc2cc(C)no2)c1. The molecule has 2 aromatic carbocycles. The lowest BCUT2D eigenvalue weighted by atomic mass is 9.97. The van der Waals surface area contributed by atoms with Gasteiger partial charge in [-0.15, -0.1) is 0 Å². The highest BCUT2D eigenvalue weighted by Crippen LogP contribution is 2.17. The number of amides is 3. The van der Waals surface area contributed by atoms with Crippen LogP contribution in [0.1, 0.15) is 76.4 Å². The molecule has 0 unspecified atom stereocenters. The number of aliphatic hydroxyl groups is 1. The topological polar surface area (TPSA) is 125 Å². The summed E-state index contributed by atoms with van der Waals surface area (Å²) in [5, 5.41) is 20.3. The predicted molar refractivity (Wildman–Crippen MR) is 158 cm³/mol. The molecule has 0 aliphatic heterocycles. The highest BCUT2D eigenvalue weighted by molar-refractivity contribution is 6.00. The zero-order valence-corrected chi connectivity index (χ0v) is 25.1. The summed E-state index contributed by atoms with van der Waals surface area (Å²) in [6, 6.07) is 8.57. The van der Waals surface area contributed by atoms with Crippen LogP contribution in [-0.4, -0.2) is 64.7 Å². The van der Waals surface area contributed by atoms with E-state index in [1.54, 1.807) is 36.9 Å². The Morgan fingerprint density at radius 3 is 2.21 bits per heavy atom. The van der Waals surface area contributed by atoms with E-state index in [4.69, 9.17) is 4.52 Å². The minimum Gasteiger partial charge on any atom is -0.391 e. The van der Waals surface area contributed by atoms with E-state index in [9.17, 15) is 28.3 Å². The molecule has 0 fully saturated rings. The lowest BCUT2D eigenvalue weighted by Crippen LogP contribution is -2.46. The lowest BCUT2D eigenvalue weighted by Gasteiger charge is -2.25. The molecular formula is C32H40F2N4O5. The van der Waals surface area contributed by atoms with Gasteiger partial charge in [0.25, 0.3) is 11.8 Å². The molecule has 0 aliphatic rings. The van der Waals surface area contributed by atoms with Crippen LogP contribution in [0.2, 0.25) is 0 Å². The number of carbonyl (C=O) groups is 3. The third-order valence-electron chi connectivity index (χ3n) is 6.79. The second-order valence-corrected chi connectivity index (χ2v) is 10.8. The molecule has 0 saturated heterocycles. The molecular weight excluding hydrogens is 558 g/mol. The summed E-state index contributed by atoms with van der Waals surface area (Å²) in [5.74, 6) is -2.24. The van der Waals surface area contributed by atoms with Gasteiger partial charge in [0.1, 0.15) is 17.4 Å². The highest BCUT2D eigenvalue weighted by atomic mass is 19.1. The molecule has 11 heteroatoms. The van der Waals surface area contributed by atoms with Crippen molar-refractivity contribution in [1.29, 1.82) is 0 Å². The molecule has 1 heterocycles. The number of benzene rings is 2. The average molecular weight is 599 g/mol. The number of hydrogen-bond donors (Lipinski definition) is 3. The number of aryl methyl sites for hydroxylation is 2. The molecule has 3 rings (SSSR count). The molecule has 0 bridgehead atoms. The summed E-state index contributed by atoms with van der Waals surface area (Å²) in [5.41, 5.74) is 2.19. The zero-order valence-electron chi connectivity index (χ0n) is 25.1. The molecule has 0 saturated carbocycles. The van der Waals surface area contributed by atoms with Gasteiger partial charge in [-0.2, -0.15) is 0 Å². The van der Waals surface area contributed by atoms with Crippen molar-refractivity contribution in [1.82, 2.24) is 20.7 Å². The van der Waals surface area contributed by atoms with Gasteiger partial charge in [-0.25, -0.2) is 8.78 Å². The first-order chi connectivity index (χ1) is 20.5. The van der Waals surface area contributed by atoms with Crippen molar-refractivity contribution in [3.8, 4) is 0 Å². The Balaban J connectivity index is 1.76. The summed E-state index contributed by atoms with van der Waals surface area (Å²) in [7, 11) is 0. The Morgan fingerprint density at radius 1 is 0.953 bits per heavy atom. The maximum Gasteiger partial charge on any atom is 0.253 e. The smallest absolute Gasteiger partial charge is 0.253 e. The predicted octanol–water partition coefficient (Wildman–Crippen LogP) is 4.28. The van der Waals surface area contributed by atoms with Crippen LogP contribution >= 0.6 is 0 Å². The van der Waals surface area contributed by atoms with Gasteiger partial charge in [0.05, 0.1) is 24.3 Å². The number of nitrogens with one attached hydrogen (secondary N) is 2. The largest absolute Gasteiger partial charge is 0.391 e. The van der Waals surface area contributed by atoms with Gasteiger partial charge in [-0.3, -0.25) is 14.4 Å². The molecule has 0 aliphatic carbocycles. The first-order valence-electron chi connectivity index (χ1n) is 14.5. The summed E-state index contributed by atoms with van der Waals surface area (Å²) < 4.78 is 32.9. The van der Waals surface area contributed by atoms with Crippen molar-refractivity contribution in [3.05, 3.63) is 87.8 Å². The van der Waals surface area contributed by atoms with Crippen LogP contribution in [0.5, 0.6) is 0 Å². The van der Waals surface area contributed by atoms with Crippen molar-refractivity contribution in [2.75, 3.05) is 19.6 Å². The summed E-state index contributed by atoms with van der Waals surface area (Å²) in [4.78, 5) is 40.7. The van der Waals surface area contributed by atoms with Crippen LogP contribution in [0.25, 0.3) is 0 Å². The number of carbonyl (C=O) groups excluding carboxylic acids is 3. The van der Waals surface area contributed by atoms with Gasteiger partial charge in [0, 0.05) is 42.9 Å². The van der Waals surface area contributed by atoms with Crippen LogP contribution in [0.15, 0.2) is 47.0 Å². The number of nitrogens with zero attached hydrogens (tertiary/aromatic N) is 2. The van der Waals surface area contributed by atoms with Gasteiger partial charge in [-0.1, -0.05) is 19.0 Å². The number of aromatic nitrogens is 1. The van der Waals surface area contributed by atoms with E-state index in [-0.39, 0.29) is 48.7 Å². The standard InChI is InChI=1S/C32H40F2N4O5/c1-5-9-38(10-6-2)32(42)24-12-20(3)11-23(17-24)31(41)36-28(16-22-14-25(33)18-26(34)15-22)29(39)7-8-35-30(40)19-27-13-21(4)37-43-27/h11-15,17-18,28-29,39H,5-10,16,19H2,1-4H3,(H,35,40)(H,36,41)/t28-,29+/m1/s1. The van der Waals surface area contributed by atoms with Crippen LogP contribution in [-0.2, 0) is 17.6 Å². The normalized spacial score (nSPS) is 12.4. The molecule has 43 heavy (non-hydrogen) atoms. The molecule has 2 atom stereocenters. The Labute approximate surface area is 250 Å². The molecule has 3 amide bonds. The minimum absolute atomic E-state index is 0.0258. The van der Waals surface area contributed by atoms with Gasteiger partial charge in [0.15, 0.2) is 0 Å². The van der Waals surface area contributed by atoms with Gasteiger partial charge in [-0.05, 0) is 81.0 Å². The number of rotatable bonds is 15. The first kappa shape index (κ1) is 33.4. The van der Waals surface area contributed by atoms with E-state index in [0.717, 1.165) is 31.0 Å². The minimum atomic E-state index is -1.18. The van der Waals surface area contributed by atoms with E-state index in [1.807, 2.05) is 13.8 Å². The molecule has 3 aromatic rings. The highest BCUT2D eigenvalue weighted by Gasteiger charge is 2.25. The molecule has 3 N–H and O–H groups in total. The molecule has 0 radical (unpaired) electrons.